The van der Waals surface area contributed by atoms with E-state index < -0.39 is 0 Å². The molecule has 158 valence electrons. The van der Waals surface area contributed by atoms with Crippen LogP contribution in [0, 0.1) is 5.92 Å². The Balaban J connectivity index is 1.45. The highest BCUT2D eigenvalue weighted by Crippen LogP contribution is 2.33. The monoisotopic (exact) mass is 413 g/mol. The van der Waals surface area contributed by atoms with Crippen LogP contribution >= 0.6 is 0 Å². The molecular formula is C25H27N5O. The van der Waals surface area contributed by atoms with Gasteiger partial charge in [-0.15, -0.1) is 0 Å². The third-order valence-electron chi connectivity index (χ3n) is 6.32. The van der Waals surface area contributed by atoms with Gasteiger partial charge in [-0.1, -0.05) is 24.6 Å². The fraction of sp³-hybridized carbons (Fsp3) is 0.360. The number of carbonyl (C=O) groups excluding carboxylic acids is 1. The summed E-state index contributed by atoms with van der Waals surface area (Å²) in [6.45, 7) is 1.56. The standard InChI is InChI=1S/C25H27N5O/c31-25(19-6-4-7-19)30-15-5-8-20(17-30)24-28-22(18-11-13-26-14-12-18)16-23(29-24)27-21-9-2-1-3-10-21/h1-3,9-14,16,19-20H,4-8,15,17H2,(H,27,28,29)/t20-/m0/s1. The molecule has 1 saturated heterocycles. The number of pyridine rings is 1. The van der Waals surface area contributed by atoms with E-state index in [-0.39, 0.29) is 11.8 Å². The summed E-state index contributed by atoms with van der Waals surface area (Å²) in [6, 6.07) is 15.9. The number of rotatable bonds is 5. The van der Waals surface area contributed by atoms with Gasteiger partial charge in [0.05, 0.1) is 5.69 Å². The van der Waals surface area contributed by atoms with E-state index in [1.54, 1.807) is 12.4 Å². The van der Waals surface area contributed by atoms with Gasteiger partial charge in [-0.25, -0.2) is 9.97 Å². The zero-order chi connectivity index (χ0) is 21.0. The van der Waals surface area contributed by atoms with E-state index in [1.807, 2.05) is 53.4 Å². The fourth-order valence-electron chi connectivity index (χ4n) is 4.35. The van der Waals surface area contributed by atoms with E-state index in [0.717, 1.165) is 60.8 Å². The molecule has 6 nitrogen and oxygen atoms in total. The van der Waals surface area contributed by atoms with Crippen molar-refractivity contribution >= 4 is 17.4 Å². The molecule has 3 heterocycles. The van der Waals surface area contributed by atoms with E-state index in [0.29, 0.717) is 12.5 Å². The molecule has 1 aromatic carbocycles. The molecule has 1 aliphatic heterocycles. The van der Waals surface area contributed by atoms with Crippen molar-refractivity contribution in [2.75, 3.05) is 18.4 Å². The highest BCUT2D eigenvalue weighted by atomic mass is 16.2. The molecule has 1 saturated carbocycles. The Morgan fingerprint density at radius 2 is 1.77 bits per heavy atom. The molecule has 0 spiro atoms. The second-order valence-electron chi connectivity index (χ2n) is 8.47. The van der Waals surface area contributed by atoms with Crippen molar-refractivity contribution in [3.05, 3.63) is 66.7 Å². The number of hydrogen-bond donors (Lipinski definition) is 1. The first-order valence-corrected chi connectivity index (χ1v) is 11.2. The first-order chi connectivity index (χ1) is 15.3. The molecule has 6 heteroatoms. The molecule has 0 radical (unpaired) electrons. The average molecular weight is 414 g/mol. The summed E-state index contributed by atoms with van der Waals surface area (Å²) in [6.07, 6.45) is 8.81. The van der Waals surface area contributed by atoms with Gasteiger partial charge < -0.3 is 10.2 Å². The largest absolute Gasteiger partial charge is 0.342 e. The van der Waals surface area contributed by atoms with E-state index in [1.165, 1.54) is 6.42 Å². The SMILES string of the molecule is O=C(C1CCC1)N1CCC[C@H](c2nc(Nc3ccccc3)cc(-c3ccncc3)n2)C1. The number of carbonyl (C=O) groups is 1. The maximum absolute atomic E-state index is 12.8. The van der Waals surface area contributed by atoms with Crippen LogP contribution in [-0.4, -0.2) is 38.8 Å². The third kappa shape index (κ3) is 4.43. The van der Waals surface area contributed by atoms with Crippen LogP contribution in [0.4, 0.5) is 11.5 Å². The van der Waals surface area contributed by atoms with Gasteiger partial charge in [-0.05, 0) is 49.9 Å². The minimum absolute atomic E-state index is 0.149. The van der Waals surface area contributed by atoms with Gasteiger partial charge in [0.1, 0.15) is 11.6 Å². The first kappa shape index (κ1) is 19.7. The van der Waals surface area contributed by atoms with Crippen LogP contribution in [0.5, 0.6) is 0 Å². The number of amides is 1. The van der Waals surface area contributed by atoms with Gasteiger partial charge in [0, 0.05) is 54.6 Å². The lowest BCUT2D eigenvalue weighted by Gasteiger charge is -2.36. The lowest BCUT2D eigenvalue weighted by molar-refractivity contribution is -0.139. The number of para-hydroxylation sites is 1. The summed E-state index contributed by atoms with van der Waals surface area (Å²) >= 11 is 0. The minimum atomic E-state index is 0.149. The van der Waals surface area contributed by atoms with Crippen molar-refractivity contribution in [1.29, 1.82) is 0 Å². The molecule has 1 N–H and O–H groups in total. The second-order valence-corrected chi connectivity index (χ2v) is 8.47. The summed E-state index contributed by atoms with van der Waals surface area (Å²) in [5.41, 5.74) is 2.86. The van der Waals surface area contributed by atoms with Crippen molar-refractivity contribution in [3.63, 3.8) is 0 Å². The fourth-order valence-corrected chi connectivity index (χ4v) is 4.35. The van der Waals surface area contributed by atoms with Crippen LogP contribution in [0.1, 0.15) is 43.8 Å². The number of likely N-dealkylation sites (tertiary alicyclic amines) is 1. The number of anilines is 2. The zero-order valence-corrected chi connectivity index (χ0v) is 17.6. The van der Waals surface area contributed by atoms with Crippen molar-refractivity contribution in [3.8, 4) is 11.3 Å². The topological polar surface area (TPSA) is 71.0 Å². The van der Waals surface area contributed by atoms with E-state index >= 15 is 0 Å². The molecule has 1 aliphatic carbocycles. The summed E-state index contributed by atoms with van der Waals surface area (Å²) in [5.74, 6) is 2.28. The highest BCUT2D eigenvalue weighted by molar-refractivity contribution is 5.79. The highest BCUT2D eigenvalue weighted by Gasteiger charge is 2.33. The predicted octanol–water partition coefficient (Wildman–Crippen LogP) is 4.79. The Bertz CT molecular complexity index is 1040. The van der Waals surface area contributed by atoms with Crippen LogP contribution in [-0.2, 0) is 4.79 Å². The summed E-state index contributed by atoms with van der Waals surface area (Å²) < 4.78 is 0. The van der Waals surface area contributed by atoms with Crippen LogP contribution in [0.15, 0.2) is 60.9 Å². The lowest BCUT2D eigenvalue weighted by Crippen LogP contribution is -2.44. The zero-order valence-electron chi connectivity index (χ0n) is 17.6. The summed E-state index contributed by atoms with van der Waals surface area (Å²) in [7, 11) is 0. The summed E-state index contributed by atoms with van der Waals surface area (Å²) in [4.78, 5) is 28.8. The molecule has 5 rings (SSSR count). The Kier molecular flexibility index (Phi) is 5.61. The number of nitrogens with one attached hydrogen (secondary N) is 1. The number of hydrogen-bond acceptors (Lipinski definition) is 5. The van der Waals surface area contributed by atoms with Gasteiger partial charge >= 0.3 is 0 Å². The van der Waals surface area contributed by atoms with Gasteiger partial charge in [0.15, 0.2) is 0 Å². The smallest absolute Gasteiger partial charge is 0.225 e. The van der Waals surface area contributed by atoms with Crippen molar-refractivity contribution in [2.24, 2.45) is 5.92 Å². The predicted molar refractivity (Wildman–Crippen MR) is 121 cm³/mol. The molecule has 3 aromatic rings. The van der Waals surface area contributed by atoms with Gasteiger partial charge in [0.2, 0.25) is 5.91 Å². The van der Waals surface area contributed by atoms with E-state index in [9.17, 15) is 4.79 Å². The number of nitrogens with zero attached hydrogens (tertiary/aromatic N) is 4. The second kappa shape index (κ2) is 8.84. The van der Waals surface area contributed by atoms with E-state index in [4.69, 9.17) is 9.97 Å². The third-order valence-corrected chi connectivity index (χ3v) is 6.32. The summed E-state index contributed by atoms with van der Waals surface area (Å²) in [5, 5.41) is 3.42. The van der Waals surface area contributed by atoms with Crippen LogP contribution in [0.25, 0.3) is 11.3 Å². The Hall–Kier alpha value is -3.28. The molecule has 2 aliphatic rings. The minimum Gasteiger partial charge on any atom is -0.342 e. The Morgan fingerprint density at radius 1 is 0.968 bits per heavy atom. The van der Waals surface area contributed by atoms with Crippen molar-refractivity contribution in [1.82, 2.24) is 19.9 Å². The maximum Gasteiger partial charge on any atom is 0.225 e. The van der Waals surface area contributed by atoms with E-state index in [2.05, 4.69) is 10.3 Å². The first-order valence-electron chi connectivity index (χ1n) is 11.2. The quantitative estimate of drug-likeness (QED) is 0.651. The van der Waals surface area contributed by atoms with Crippen molar-refractivity contribution in [2.45, 2.75) is 38.0 Å². The maximum atomic E-state index is 12.8. The molecule has 0 unspecified atom stereocenters. The lowest BCUT2D eigenvalue weighted by atomic mass is 9.83. The van der Waals surface area contributed by atoms with Gasteiger partial charge in [-0.2, -0.15) is 0 Å². The average Bonchev–Trinajstić information content (AvgIpc) is 2.79. The molecule has 1 atom stereocenters. The molecule has 2 fully saturated rings. The van der Waals surface area contributed by atoms with Crippen LogP contribution in [0.2, 0.25) is 0 Å². The number of aromatic nitrogens is 3. The van der Waals surface area contributed by atoms with Gasteiger partial charge in [0.25, 0.3) is 0 Å². The van der Waals surface area contributed by atoms with Crippen LogP contribution in [0.3, 0.4) is 0 Å². The molecular weight excluding hydrogens is 386 g/mol. The normalized spacial score (nSPS) is 19.0. The molecule has 2 aromatic heterocycles. The van der Waals surface area contributed by atoms with Crippen molar-refractivity contribution < 1.29 is 4.79 Å². The molecule has 1 amide bonds. The number of benzene rings is 1. The van der Waals surface area contributed by atoms with Crippen LogP contribution < -0.4 is 5.32 Å². The molecule has 31 heavy (non-hydrogen) atoms. The molecule has 0 bridgehead atoms. The Labute approximate surface area is 182 Å². The number of piperidine rings is 1. The van der Waals surface area contributed by atoms with Gasteiger partial charge in [-0.3, -0.25) is 9.78 Å². The Morgan fingerprint density at radius 3 is 2.52 bits per heavy atom.